The lowest BCUT2D eigenvalue weighted by Crippen LogP contribution is -2.55. The number of rotatable bonds is 4. The van der Waals surface area contributed by atoms with E-state index in [1.54, 1.807) is 11.8 Å². The molecule has 27 heavy (non-hydrogen) atoms. The smallest absolute Gasteiger partial charge is 0.368 e. The minimum atomic E-state index is -4.36. The van der Waals surface area contributed by atoms with Gasteiger partial charge in [-0.3, -0.25) is 0 Å². The van der Waals surface area contributed by atoms with E-state index < -0.39 is 11.7 Å². The number of nitrogens with zero attached hydrogens (tertiary/aromatic N) is 3. The zero-order chi connectivity index (χ0) is 19.6. The highest BCUT2D eigenvalue weighted by Gasteiger charge is 2.33. The lowest BCUT2D eigenvalue weighted by molar-refractivity contribution is -0.137. The van der Waals surface area contributed by atoms with Crippen LogP contribution >= 0.6 is 11.8 Å². The topological polar surface area (TPSA) is 19.4 Å². The van der Waals surface area contributed by atoms with Crippen LogP contribution in [0.2, 0.25) is 0 Å². The minimum Gasteiger partial charge on any atom is -0.368 e. The molecule has 1 aliphatic heterocycles. The number of anilines is 2. The van der Waals surface area contributed by atoms with Gasteiger partial charge >= 0.3 is 6.18 Å². The van der Waals surface area contributed by atoms with Crippen LogP contribution in [0, 0.1) is 5.92 Å². The zero-order valence-electron chi connectivity index (χ0n) is 15.7. The van der Waals surface area contributed by atoms with Crippen LogP contribution in [0.3, 0.4) is 0 Å². The predicted octanol–water partition coefficient (Wildman–Crippen LogP) is 5.17. The van der Waals surface area contributed by atoms with Crippen molar-refractivity contribution in [3.05, 3.63) is 48.2 Å². The second-order valence-electron chi connectivity index (χ2n) is 7.06. The lowest BCUT2D eigenvalue weighted by Gasteiger charge is -2.45. The molecule has 1 aromatic carbocycles. The quantitative estimate of drug-likeness (QED) is 0.665. The van der Waals surface area contributed by atoms with Crippen molar-refractivity contribution in [2.75, 3.05) is 35.7 Å². The van der Waals surface area contributed by atoms with Crippen molar-refractivity contribution >= 4 is 23.3 Å². The molecule has 0 N–H and O–H groups in total. The first kappa shape index (κ1) is 19.9. The number of hydrogen-bond donors (Lipinski definition) is 0. The van der Waals surface area contributed by atoms with E-state index in [1.807, 2.05) is 0 Å². The second kappa shape index (κ2) is 8.00. The molecule has 1 unspecified atom stereocenters. The molecule has 0 bridgehead atoms. The van der Waals surface area contributed by atoms with Crippen molar-refractivity contribution < 1.29 is 13.2 Å². The molecule has 1 fully saturated rings. The molecule has 0 radical (unpaired) electrons. The number of benzene rings is 1. The van der Waals surface area contributed by atoms with Gasteiger partial charge in [-0.1, -0.05) is 19.9 Å². The van der Waals surface area contributed by atoms with E-state index in [0.29, 0.717) is 11.7 Å². The number of aromatic nitrogens is 1. The van der Waals surface area contributed by atoms with Gasteiger partial charge in [0.25, 0.3) is 0 Å². The van der Waals surface area contributed by atoms with E-state index in [9.17, 15) is 13.2 Å². The van der Waals surface area contributed by atoms with Crippen molar-refractivity contribution in [2.45, 2.75) is 31.0 Å². The molecule has 2 heterocycles. The van der Waals surface area contributed by atoms with E-state index in [4.69, 9.17) is 0 Å². The Morgan fingerprint density at radius 3 is 2.52 bits per heavy atom. The maximum Gasteiger partial charge on any atom is 0.417 e. The molecule has 2 aromatic rings. The number of thioether (sulfide) groups is 1. The average Bonchev–Trinajstić information content (AvgIpc) is 2.67. The van der Waals surface area contributed by atoms with Gasteiger partial charge in [0, 0.05) is 36.4 Å². The molecule has 1 aliphatic rings. The Labute approximate surface area is 162 Å². The van der Waals surface area contributed by atoms with Crippen LogP contribution in [0.4, 0.5) is 24.7 Å². The van der Waals surface area contributed by atoms with Crippen molar-refractivity contribution in [3.63, 3.8) is 0 Å². The summed E-state index contributed by atoms with van der Waals surface area (Å²) in [5, 5.41) is 0. The second-order valence-corrected chi connectivity index (χ2v) is 7.93. The summed E-state index contributed by atoms with van der Waals surface area (Å²) in [6.07, 6.45) is -1.37. The highest BCUT2D eigenvalue weighted by Crippen LogP contribution is 2.32. The Balaban J connectivity index is 1.80. The normalized spacial score (nSPS) is 18.3. The van der Waals surface area contributed by atoms with Crippen LogP contribution in [0.15, 0.2) is 47.5 Å². The van der Waals surface area contributed by atoms with Gasteiger partial charge in [0.05, 0.1) is 11.6 Å². The summed E-state index contributed by atoms with van der Waals surface area (Å²) in [4.78, 5) is 9.82. The van der Waals surface area contributed by atoms with Crippen LogP contribution in [-0.4, -0.2) is 36.9 Å². The van der Waals surface area contributed by atoms with Gasteiger partial charge in [0.15, 0.2) is 0 Å². The predicted molar refractivity (Wildman–Crippen MR) is 106 cm³/mol. The fourth-order valence-electron chi connectivity index (χ4n) is 3.43. The highest BCUT2D eigenvalue weighted by atomic mass is 32.2. The van der Waals surface area contributed by atoms with Crippen LogP contribution in [0.25, 0.3) is 0 Å². The van der Waals surface area contributed by atoms with Gasteiger partial charge in [-0.25, -0.2) is 4.98 Å². The molecule has 0 aliphatic carbocycles. The van der Waals surface area contributed by atoms with E-state index >= 15 is 0 Å². The first-order chi connectivity index (χ1) is 12.8. The van der Waals surface area contributed by atoms with Crippen LogP contribution in [0.5, 0.6) is 0 Å². The summed E-state index contributed by atoms with van der Waals surface area (Å²) in [5.41, 5.74) is 0.479. The summed E-state index contributed by atoms with van der Waals surface area (Å²) in [6, 6.07) is 11.3. The molecular weight excluding hydrogens is 371 g/mol. The third-order valence-corrected chi connectivity index (χ3v) is 5.70. The summed E-state index contributed by atoms with van der Waals surface area (Å²) >= 11 is 1.72. The SMILES string of the molecule is CSc1cccc(N2CCN(c3ccc(C(F)(F)F)cn3)C(C(C)C)C2)c1. The minimum absolute atomic E-state index is 0.181. The number of piperazine rings is 1. The van der Waals surface area contributed by atoms with Gasteiger partial charge < -0.3 is 9.80 Å². The van der Waals surface area contributed by atoms with Crippen molar-refractivity contribution in [1.29, 1.82) is 0 Å². The molecule has 3 nitrogen and oxygen atoms in total. The summed E-state index contributed by atoms with van der Waals surface area (Å²) in [5.74, 6) is 0.958. The van der Waals surface area contributed by atoms with Crippen molar-refractivity contribution in [2.24, 2.45) is 5.92 Å². The Bertz CT molecular complexity index is 762. The Morgan fingerprint density at radius 1 is 1.15 bits per heavy atom. The Hall–Kier alpha value is -1.89. The molecule has 0 amide bonds. The number of hydrogen-bond acceptors (Lipinski definition) is 4. The van der Waals surface area contributed by atoms with Gasteiger partial charge in [0.2, 0.25) is 0 Å². The fraction of sp³-hybridized carbons (Fsp3) is 0.450. The van der Waals surface area contributed by atoms with Gasteiger partial charge in [-0.2, -0.15) is 13.2 Å². The van der Waals surface area contributed by atoms with Gasteiger partial charge in [-0.05, 0) is 42.5 Å². The van der Waals surface area contributed by atoms with E-state index in [1.165, 1.54) is 16.6 Å². The number of halogens is 3. The molecular formula is C20H24F3N3S. The van der Waals surface area contributed by atoms with E-state index in [2.05, 4.69) is 59.2 Å². The molecule has 1 aromatic heterocycles. The molecule has 3 rings (SSSR count). The largest absolute Gasteiger partial charge is 0.417 e. The maximum absolute atomic E-state index is 12.8. The number of pyridine rings is 1. The Kier molecular flexibility index (Phi) is 5.89. The molecule has 146 valence electrons. The lowest BCUT2D eigenvalue weighted by atomic mass is 9.99. The van der Waals surface area contributed by atoms with Crippen LogP contribution < -0.4 is 9.80 Å². The molecule has 0 saturated carbocycles. The zero-order valence-corrected chi connectivity index (χ0v) is 16.5. The third kappa shape index (κ3) is 4.51. The van der Waals surface area contributed by atoms with Crippen LogP contribution in [0.1, 0.15) is 19.4 Å². The summed E-state index contributed by atoms with van der Waals surface area (Å²) < 4.78 is 38.4. The van der Waals surface area contributed by atoms with Crippen LogP contribution in [-0.2, 0) is 6.18 Å². The van der Waals surface area contributed by atoms with Gasteiger partial charge in [-0.15, -0.1) is 11.8 Å². The van der Waals surface area contributed by atoms with E-state index in [0.717, 1.165) is 31.9 Å². The van der Waals surface area contributed by atoms with Gasteiger partial charge in [0.1, 0.15) is 5.82 Å². The van der Waals surface area contributed by atoms with E-state index in [-0.39, 0.29) is 6.04 Å². The summed E-state index contributed by atoms with van der Waals surface area (Å²) in [7, 11) is 0. The monoisotopic (exact) mass is 395 g/mol. The number of alkyl halides is 3. The molecule has 1 saturated heterocycles. The first-order valence-corrected chi connectivity index (χ1v) is 10.2. The van der Waals surface area contributed by atoms with Crippen molar-refractivity contribution in [1.82, 2.24) is 4.98 Å². The maximum atomic E-state index is 12.8. The molecule has 7 heteroatoms. The Morgan fingerprint density at radius 2 is 1.93 bits per heavy atom. The average molecular weight is 395 g/mol. The fourth-order valence-corrected chi connectivity index (χ4v) is 3.88. The standard InChI is InChI=1S/C20H24F3N3S/c1-14(2)18-13-25(16-5-4-6-17(11-16)27-3)9-10-26(18)19-8-7-15(12-24-19)20(21,22)23/h4-8,11-12,14,18H,9-10,13H2,1-3H3. The van der Waals surface area contributed by atoms with Crippen molar-refractivity contribution in [3.8, 4) is 0 Å². The molecule has 1 atom stereocenters. The third-order valence-electron chi connectivity index (χ3n) is 4.98. The first-order valence-electron chi connectivity index (χ1n) is 8.98. The molecule has 0 spiro atoms. The summed E-state index contributed by atoms with van der Waals surface area (Å²) in [6.45, 7) is 6.64. The highest BCUT2D eigenvalue weighted by molar-refractivity contribution is 7.98.